The number of amides is 1. The highest BCUT2D eigenvalue weighted by molar-refractivity contribution is 9.10. The van der Waals surface area contributed by atoms with E-state index in [1.807, 2.05) is 13.0 Å². The minimum atomic E-state index is -0.478. The van der Waals surface area contributed by atoms with E-state index in [9.17, 15) is 9.59 Å². The molecule has 1 fully saturated rings. The Morgan fingerprint density at radius 2 is 2.22 bits per heavy atom. The topological polar surface area (TPSA) is 46.6 Å². The zero-order valence-electron chi connectivity index (χ0n) is 10.3. The molecule has 0 saturated carbocycles. The highest BCUT2D eigenvalue weighted by Crippen LogP contribution is 2.29. The number of likely N-dealkylation sites (tertiary alicyclic amines) is 1. The molecule has 5 heteroatoms. The van der Waals surface area contributed by atoms with Crippen LogP contribution in [-0.4, -0.2) is 36.8 Å². The van der Waals surface area contributed by atoms with Crippen molar-refractivity contribution in [1.82, 2.24) is 4.90 Å². The van der Waals surface area contributed by atoms with Gasteiger partial charge in [0.2, 0.25) is 0 Å². The fourth-order valence-electron chi connectivity index (χ4n) is 2.05. The Hall–Kier alpha value is -1.36. The van der Waals surface area contributed by atoms with E-state index in [1.54, 1.807) is 18.0 Å². The summed E-state index contributed by atoms with van der Waals surface area (Å²) in [6, 6.07) is 3.56. The Labute approximate surface area is 114 Å². The number of rotatable bonds is 3. The number of carbonyl (C=O) groups excluding carboxylic acids is 2. The van der Waals surface area contributed by atoms with Crippen LogP contribution < -0.4 is 4.74 Å². The van der Waals surface area contributed by atoms with Gasteiger partial charge >= 0.3 is 0 Å². The Balaban J connectivity index is 2.29. The van der Waals surface area contributed by atoms with Crippen molar-refractivity contribution in [2.24, 2.45) is 0 Å². The molecule has 0 spiro atoms. The highest BCUT2D eigenvalue weighted by Gasteiger charge is 2.31. The number of carbonyl (C=O) groups is 2. The summed E-state index contributed by atoms with van der Waals surface area (Å²) in [6.07, 6.45) is 0.924. The molecule has 1 aromatic rings. The van der Waals surface area contributed by atoms with Crippen LogP contribution in [-0.2, 0) is 4.79 Å². The molecule has 1 heterocycles. The van der Waals surface area contributed by atoms with Gasteiger partial charge in [-0.2, -0.15) is 0 Å². The van der Waals surface area contributed by atoms with Crippen molar-refractivity contribution in [2.45, 2.75) is 19.4 Å². The fourth-order valence-corrected chi connectivity index (χ4v) is 2.64. The van der Waals surface area contributed by atoms with Gasteiger partial charge in [0.15, 0.2) is 12.4 Å². The van der Waals surface area contributed by atoms with Crippen LogP contribution in [0.2, 0.25) is 0 Å². The normalized spacial score (nSPS) is 19.2. The summed E-state index contributed by atoms with van der Waals surface area (Å²) in [5, 5.41) is 0. The number of likely N-dealkylation sites (N-methyl/N-ethyl adjacent to an activating group) is 1. The molecule has 0 bridgehead atoms. The second-order valence-electron chi connectivity index (χ2n) is 4.41. The van der Waals surface area contributed by atoms with Gasteiger partial charge in [-0.15, -0.1) is 0 Å². The molecule has 1 unspecified atom stereocenters. The van der Waals surface area contributed by atoms with Crippen LogP contribution in [0.5, 0.6) is 5.75 Å². The molecule has 0 aromatic heterocycles. The molecule has 2 rings (SSSR count). The molecule has 1 amide bonds. The van der Waals surface area contributed by atoms with Crippen molar-refractivity contribution in [1.29, 1.82) is 0 Å². The average Bonchev–Trinajstić information content (AvgIpc) is 2.63. The van der Waals surface area contributed by atoms with Crippen molar-refractivity contribution in [3.8, 4) is 5.75 Å². The minimum Gasteiger partial charge on any atom is -0.479 e. The summed E-state index contributed by atoms with van der Waals surface area (Å²) >= 11 is 3.33. The first kappa shape index (κ1) is 13.1. The zero-order valence-corrected chi connectivity index (χ0v) is 11.9. The maximum atomic E-state index is 11.8. The van der Waals surface area contributed by atoms with Gasteiger partial charge in [0.05, 0.1) is 5.56 Å². The van der Waals surface area contributed by atoms with Gasteiger partial charge in [-0.25, -0.2) is 0 Å². The molecule has 1 saturated heterocycles. The van der Waals surface area contributed by atoms with Gasteiger partial charge in [0.1, 0.15) is 5.75 Å². The van der Waals surface area contributed by atoms with Crippen molar-refractivity contribution < 1.29 is 14.3 Å². The smallest absolute Gasteiger partial charge is 0.263 e. The number of nitrogens with zero attached hydrogens (tertiary/aromatic N) is 1. The molecule has 4 nitrogen and oxygen atoms in total. The summed E-state index contributed by atoms with van der Waals surface area (Å²) in [5.74, 6) is 0.469. The highest BCUT2D eigenvalue weighted by atomic mass is 79.9. The predicted octanol–water partition coefficient (Wildman–Crippen LogP) is 2.18. The number of aryl methyl sites for hydroxylation is 1. The van der Waals surface area contributed by atoms with Crippen LogP contribution in [0.25, 0.3) is 0 Å². The average molecular weight is 312 g/mol. The Kier molecular flexibility index (Phi) is 3.71. The molecule has 0 radical (unpaired) electrons. The lowest BCUT2D eigenvalue weighted by Crippen LogP contribution is -2.29. The summed E-state index contributed by atoms with van der Waals surface area (Å²) in [5.41, 5.74) is 1.30. The fraction of sp³-hybridized carbons (Fsp3) is 0.385. The SMILES string of the molecule is Cc1cc(Br)cc(C=O)c1OC1CCN(C)C1=O. The lowest BCUT2D eigenvalue weighted by atomic mass is 10.1. The van der Waals surface area contributed by atoms with E-state index in [4.69, 9.17) is 4.74 Å². The van der Waals surface area contributed by atoms with E-state index in [-0.39, 0.29) is 5.91 Å². The molecule has 1 aliphatic rings. The summed E-state index contributed by atoms with van der Waals surface area (Å²) in [4.78, 5) is 24.5. The van der Waals surface area contributed by atoms with Gasteiger partial charge in [0, 0.05) is 24.5 Å². The molecular weight excluding hydrogens is 298 g/mol. The molecule has 1 aliphatic heterocycles. The third kappa shape index (κ3) is 2.41. The number of halogens is 1. The van der Waals surface area contributed by atoms with E-state index in [0.29, 0.717) is 24.3 Å². The number of ether oxygens (including phenoxy) is 1. The number of aldehydes is 1. The Morgan fingerprint density at radius 3 is 2.78 bits per heavy atom. The van der Waals surface area contributed by atoms with Gasteiger partial charge in [0.25, 0.3) is 5.91 Å². The molecule has 1 atom stereocenters. The lowest BCUT2D eigenvalue weighted by Gasteiger charge is -2.16. The number of hydrogen-bond donors (Lipinski definition) is 0. The quantitative estimate of drug-likeness (QED) is 0.804. The maximum Gasteiger partial charge on any atom is 0.263 e. The van der Waals surface area contributed by atoms with Crippen LogP contribution >= 0.6 is 15.9 Å². The maximum absolute atomic E-state index is 11.8. The monoisotopic (exact) mass is 311 g/mol. The first-order valence-corrected chi connectivity index (χ1v) is 6.49. The molecular formula is C13H14BrNO3. The predicted molar refractivity (Wildman–Crippen MR) is 70.9 cm³/mol. The van der Waals surface area contributed by atoms with E-state index < -0.39 is 6.10 Å². The standard InChI is InChI=1S/C13H14BrNO3/c1-8-5-10(14)6-9(7-16)12(8)18-11-3-4-15(2)13(11)17/h5-7,11H,3-4H2,1-2H3. The summed E-state index contributed by atoms with van der Waals surface area (Å²) < 4.78 is 6.55. The second-order valence-corrected chi connectivity index (χ2v) is 5.33. The minimum absolute atomic E-state index is 0.0332. The Morgan fingerprint density at radius 1 is 1.50 bits per heavy atom. The molecule has 1 aromatic carbocycles. The van der Waals surface area contributed by atoms with Gasteiger partial charge < -0.3 is 9.64 Å². The molecule has 96 valence electrons. The molecule has 18 heavy (non-hydrogen) atoms. The third-order valence-electron chi connectivity index (χ3n) is 3.03. The van der Waals surface area contributed by atoms with E-state index in [2.05, 4.69) is 15.9 Å². The summed E-state index contributed by atoms with van der Waals surface area (Å²) in [6.45, 7) is 2.55. The van der Waals surface area contributed by atoms with Gasteiger partial charge in [-0.05, 0) is 24.6 Å². The summed E-state index contributed by atoms with van der Waals surface area (Å²) in [7, 11) is 1.75. The molecule has 0 N–H and O–H groups in total. The van der Waals surface area contributed by atoms with Crippen molar-refractivity contribution >= 4 is 28.1 Å². The van der Waals surface area contributed by atoms with Crippen LogP contribution in [0.15, 0.2) is 16.6 Å². The first-order chi connectivity index (χ1) is 8.52. The van der Waals surface area contributed by atoms with Crippen molar-refractivity contribution in [3.63, 3.8) is 0 Å². The second kappa shape index (κ2) is 5.10. The lowest BCUT2D eigenvalue weighted by molar-refractivity contribution is -0.132. The first-order valence-electron chi connectivity index (χ1n) is 5.70. The zero-order chi connectivity index (χ0) is 13.3. The third-order valence-corrected chi connectivity index (χ3v) is 3.49. The van der Waals surface area contributed by atoms with E-state index in [1.165, 1.54) is 0 Å². The Bertz CT molecular complexity index is 501. The van der Waals surface area contributed by atoms with Crippen LogP contribution in [0.1, 0.15) is 22.3 Å². The van der Waals surface area contributed by atoms with Crippen LogP contribution in [0.4, 0.5) is 0 Å². The largest absolute Gasteiger partial charge is 0.479 e. The van der Waals surface area contributed by atoms with Crippen molar-refractivity contribution in [3.05, 3.63) is 27.7 Å². The number of hydrogen-bond acceptors (Lipinski definition) is 3. The van der Waals surface area contributed by atoms with Gasteiger partial charge in [-0.3, -0.25) is 9.59 Å². The number of benzene rings is 1. The van der Waals surface area contributed by atoms with E-state index in [0.717, 1.165) is 16.3 Å². The van der Waals surface area contributed by atoms with Crippen molar-refractivity contribution in [2.75, 3.05) is 13.6 Å². The van der Waals surface area contributed by atoms with Gasteiger partial charge in [-0.1, -0.05) is 15.9 Å². The van der Waals surface area contributed by atoms with E-state index >= 15 is 0 Å². The van der Waals surface area contributed by atoms with Crippen LogP contribution in [0.3, 0.4) is 0 Å². The molecule has 0 aliphatic carbocycles. The van der Waals surface area contributed by atoms with Crippen LogP contribution in [0, 0.1) is 6.92 Å².